The molecule has 3 aromatic rings. The van der Waals surface area contributed by atoms with Crippen molar-refractivity contribution in [2.24, 2.45) is 0 Å². The van der Waals surface area contributed by atoms with Crippen LogP contribution >= 0.6 is 0 Å². The molecular formula is C22H20N2O2. The zero-order valence-electron chi connectivity index (χ0n) is 14.4. The van der Waals surface area contributed by atoms with Crippen LogP contribution in [0.1, 0.15) is 28.3 Å². The van der Waals surface area contributed by atoms with E-state index in [-0.39, 0.29) is 5.91 Å². The fourth-order valence-electron chi connectivity index (χ4n) is 3.27. The van der Waals surface area contributed by atoms with Crippen molar-refractivity contribution >= 4 is 11.7 Å². The monoisotopic (exact) mass is 344 g/mol. The van der Waals surface area contributed by atoms with Crippen LogP contribution in [0, 0.1) is 0 Å². The molecule has 1 aliphatic rings. The fraction of sp³-hybridized carbons (Fsp3) is 0.182. The summed E-state index contributed by atoms with van der Waals surface area (Å²) in [6, 6.07) is 21.5. The molecule has 1 N–H and O–H groups in total. The van der Waals surface area contributed by atoms with Crippen molar-refractivity contribution in [2.45, 2.75) is 12.3 Å². The topological polar surface area (TPSA) is 51.2 Å². The van der Waals surface area contributed by atoms with Gasteiger partial charge in [0.25, 0.3) is 5.91 Å². The number of anilines is 1. The van der Waals surface area contributed by atoms with Gasteiger partial charge in [0.2, 0.25) is 0 Å². The molecule has 26 heavy (non-hydrogen) atoms. The Bertz CT molecular complexity index is 903. The highest BCUT2D eigenvalue weighted by molar-refractivity contribution is 6.05. The number of carbonyl (C=O) groups is 1. The van der Waals surface area contributed by atoms with Crippen molar-refractivity contribution in [3.8, 4) is 11.1 Å². The molecule has 0 spiro atoms. The highest BCUT2D eigenvalue weighted by Crippen LogP contribution is 2.28. The third kappa shape index (κ3) is 3.51. The maximum absolute atomic E-state index is 12.8. The minimum absolute atomic E-state index is 0.151. The summed E-state index contributed by atoms with van der Waals surface area (Å²) in [6.45, 7) is 1.51. The number of hydrogen-bond donors (Lipinski definition) is 1. The summed E-state index contributed by atoms with van der Waals surface area (Å²) < 4.78 is 5.46. The van der Waals surface area contributed by atoms with Crippen LogP contribution in [0.5, 0.6) is 0 Å². The van der Waals surface area contributed by atoms with Gasteiger partial charge in [-0.15, -0.1) is 0 Å². The number of rotatable bonds is 4. The first-order valence-electron chi connectivity index (χ1n) is 8.81. The van der Waals surface area contributed by atoms with Gasteiger partial charge in [-0.1, -0.05) is 42.5 Å². The van der Waals surface area contributed by atoms with Gasteiger partial charge in [0.15, 0.2) is 0 Å². The van der Waals surface area contributed by atoms with Crippen molar-refractivity contribution in [3.63, 3.8) is 0 Å². The Hall–Kier alpha value is -2.98. The molecule has 0 aliphatic carbocycles. The van der Waals surface area contributed by atoms with Crippen LogP contribution in [0.3, 0.4) is 0 Å². The maximum atomic E-state index is 12.8. The van der Waals surface area contributed by atoms with Crippen molar-refractivity contribution in [1.29, 1.82) is 0 Å². The van der Waals surface area contributed by atoms with E-state index in [1.54, 1.807) is 6.20 Å². The van der Waals surface area contributed by atoms with Crippen molar-refractivity contribution in [3.05, 3.63) is 84.1 Å². The van der Waals surface area contributed by atoms with Gasteiger partial charge < -0.3 is 10.1 Å². The Morgan fingerprint density at radius 2 is 1.92 bits per heavy atom. The summed E-state index contributed by atoms with van der Waals surface area (Å²) in [5, 5.41) is 2.96. The van der Waals surface area contributed by atoms with Crippen LogP contribution < -0.4 is 5.32 Å². The van der Waals surface area contributed by atoms with Crippen LogP contribution in [-0.2, 0) is 4.74 Å². The van der Waals surface area contributed by atoms with E-state index in [1.807, 2.05) is 60.7 Å². The lowest BCUT2D eigenvalue weighted by molar-refractivity contribution is 0.102. The molecule has 1 aromatic heterocycles. The first-order chi connectivity index (χ1) is 12.8. The summed E-state index contributed by atoms with van der Waals surface area (Å²) >= 11 is 0. The quantitative estimate of drug-likeness (QED) is 0.758. The van der Waals surface area contributed by atoms with Crippen LogP contribution in [-0.4, -0.2) is 24.1 Å². The first kappa shape index (κ1) is 16.5. The smallest absolute Gasteiger partial charge is 0.256 e. The van der Waals surface area contributed by atoms with Gasteiger partial charge in [-0.25, -0.2) is 4.98 Å². The number of aromatic nitrogens is 1. The van der Waals surface area contributed by atoms with E-state index in [0.717, 1.165) is 36.3 Å². The van der Waals surface area contributed by atoms with Crippen LogP contribution in [0.25, 0.3) is 11.1 Å². The van der Waals surface area contributed by atoms with E-state index in [1.165, 1.54) is 0 Å². The summed E-state index contributed by atoms with van der Waals surface area (Å²) in [5.41, 5.74) is 3.72. The molecule has 1 atom stereocenters. The Morgan fingerprint density at radius 3 is 2.73 bits per heavy atom. The molecule has 1 aliphatic heterocycles. The Labute approximate surface area is 152 Å². The van der Waals surface area contributed by atoms with E-state index in [4.69, 9.17) is 4.74 Å². The second-order valence-electron chi connectivity index (χ2n) is 6.41. The summed E-state index contributed by atoms with van der Waals surface area (Å²) in [6.07, 6.45) is 2.69. The van der Waals surface area contributed by atoms with Gasteiger partial charge in [-0.05, 0) is 41.8 Å². The van der Waals surface area contributed by atoms with E-state index in [0.29, 0.717) is 17.3 Å². The molecule has 1 saturated heterocycles. The number of nitrogens with zero attached hydrogens (tertiary/aromatic N) is 1. The van der Waals surface area contributed by atoms with Gasteiger partial charge >= 0.3 is 0 Å². The minimum Gasteiger partial charge on any atom is -0.381 e. The normalized spacial score (nSPS) is 16.4. The lowest BCUT2D eigenvalue weighted by atomic mass is 9.96. The van der Waals surface area contributed by atoms with E-state index < -0.39 is 0 Å². The molecule has 1 amide bonds. The van der Waals surface area contributed by atoms with E-state index in [2.05, 4.69) is 16.4 Å². The number of nitrogens with one attached hydrogen (secondary N) is 1. The second kappa shape index (κ2) is 7.50. The third-order valence-electron chi connectivity index (χ3n) is 4.67. The average Bonchev–Trinajstić information content (AvgIpc) is 3.24. The van der Waals surface area contributed by atoms with Gasteiger partial charge in [0, 0.05) is 29.8 Å². The summed E-state index contributed by atoms with van der Waals surface area (Å²) in [5.74, 6) is 0.789. The largest absolute Gasteiger partial charge is 0.381 e. The highest BCUT2D eigenvalue weighted by Gasteiger charge is 2.19. The molecule has 4 heteroatoms. The van der Waals surface area contributed by atoms with Gasteiger partial charge in [-0.3, -0.25) is 4.79 Å². The molecule has 0 radical (unpaired) electrons. The van der Waals surface area contributed by atoms with Gasteiger partial charge in [0.1, 0.15) is 5.82 Å². The van der Waals surface area contributed by atoms with Crippen LogP contribution in [0.4, 0.5) is 5.82 Å². The predicted molar refractivity (Wildman–Crippen MR) is 102 cm³/mol. The van der Waals surface area contributed by atoms with Crippen molar-refractivity contribution < 1.29 is 9.53 Å². The molecular weight excluding hydrogens is 324 g/mol. The zero-order valence-corrected chi connectivity index (χ0v) is 14.4. The molecule has 0 bridgehead atoms. The molecule has 2 aromatic carbocycles. The van der Waals surface area contributed by atoms with Gasteiger partial charge in [0.05, 0.1) is 6.61 Å². The molecule has 4 nitrogen and oxygen atoms in total. The Morgan fingerprint density at radius 1 is 1.04 bits per heavy atom. The SMILES string of the molecule is O=C(Nc1ncccc1-c1ccccc1)c1cccc([C@H]2CCOC2)c1. The predicted octanol–water partition coefficient (Wildman–Crippen LogP) is 4.50. The standard InChI is InChI=1S/C22H20N2O2/c25-22(18-9-4-8-17(14-18)19-11-13-26-15-19)24-21-20(10-5-12-23-21)16-6-2-1-3-7-16/h1-10,12,14,19H,11,13,15H2,(H,23,24,25)/t19-/m0/s1. The lowest BCUT2D eigenvalue weighted by Gasteiger charge is -2.12. The summed E-state index contributed by atoms with van der Waals surface area (Å²) in [4.78, 5) is 17.2. The fourth-order valence-corrected chi connectivity index (χ4v) is 3.27. The van der Waals surface area contributed by atoms with Crippen LogP contribution in [0.15, 0.2) is 72.9 Å². The van der Waals surface area contributed by atoms with Crippen molar-refractivity contribution in [1.82, 2.24) is 4.98 Å². The summed E-state index contributed by atoms with van der Waals surface area (Å²) in [7, 11) is 0. The Balaban J connectivity index is 1.59. The number of hydrogen-bond acceptors (Lipinski definition) is 3. The highest BCUT2D eigenvalue weighted by atomic mass is 16.5. The van der Waals surface area contributed by atoms with E-state index in [9.17, 15) is 4.79 Å². The molecule has 0 unspecified atom stereocenters. The number of amides is 1. The van der Waals surface area contributed by atoms with E-state index >= 15 is 0 Å². The minimum atomic E-state index is -0.151. The number of pyridine rings is 1. The Kier molecular flexibility index (Phi) is 4.75. The molecule has 130 valence electrons. The van der Waals surface area contributed by atoms with Crippen LogP contribution in [0.2, 0.25) is 0 Å². The average molecular weight is 344 g/mol. The number of benzene rings is 2. The lowest BCUT2D eigenvalue weighted by Crippen LogP contribution is -2.14. The third-order valence-corrected chi connectivity index (χ3v) is 4.67. The molecule has 1 fully saturated rings. The zero-order chi connectivity index (χ0) is 17.8. The van der Waals surface area contributed by atoms with Crippen molar-refractivity contribution in [2.75, 3.05) is 18.5 Å². The molecule has 4 rings (SSSR count). The first-order valence-corrected chi connectivity index (χ1v) is 8.81. The second-order valence-corrected chi connectivity index (χ2v) is 6.41. The number of ether oxygens (including phenoxy) is 1. The maximum Gasteiger partial charge on any atom is 0.256 e. The number of carbonyl (C=O) groups excluding carboxylic acids is 1. The molecule has 0 saturated carbocycles. The molecule has 2 heterocycles. The van der Waals surface area contributed by atoms with Gasteiger partial charge in [-0.2, -0.15) is 0 Å².